The zero-order valence-corrected chi connectivity index (χ0v) is 13.4. The van der Waals surface area contributed by atoms with Gasteiger partial charge in [-0.15, -0.1) is 0 Å². The summed E-state index contributed by atoms with van der Waals surface area (Å²) in [5, 5.41) is 14.0. The van der Waals surface area contributed by atoms with Gasteiger partial charge in [0.15, 0.2) is 0 Å². The largest absolute Gasteiger partial charge is 0.389 e. The summed E-state index contributed by atoms with van der Waals surface area (Å²) in [6.45, 7) is 7.92. The molecule has 2 unspecified atom stereocenters. The molecule has 0 amide bonds. The maximum atomic E-state index is 9.89. The third kappa shape index (κ3) is 6.71. The molecule has 0 aliphatic carbocycles. The Morgan fingerprint density at radius 3 is 2.45 bits per heavy atom. The molecule has 0 aliphatic rings. The molecular weight excluding hydrogens is 274 g/mol. The Hall–Kier alpha value is -0.610. The summed E-state index contributed by atoms with van der Waals surface area (Å²) in [5.41, 5.74) is 1.06. The summed E-state index contributed by atoms with van der Waals surface area (Å²) in [6, 6.07) is 7.98. The number of benzene rings is 1. The molecule has 0 aromatic heterocycles. The van der Waals surface area contributed by atoms with Gasteiger partial charge in [-0.25, -0.2) is 0 Å². The van der Waals surface area contributed by atoms with Crippen molar-refractivity contribution in [1.82, 2.24) is 5.32 Å². The Morgan fingerprint density at radius 2 is 1.90 bits per heavy atom. The van der Waals surface area contributed by atoms with Crippen molar-refractivity contribution < 1.29 is 9.84 Å². The number of rotatable bonds is 9. The number of hydrogen-bond donors (Lipinski definition) is 2. The summed E-state index contributed by atoms with van der Waals surface area (Å²) < 4.78 is 5.51. The number of aliphatic hydroxyl groups is 1. The Bertz CT molecular complexity index is 367. The van der Waals surface area contributed by atoms with Crippen molar-refractivity contribution in [3.8, 4) is 0 Å². The normalized spacial score (nSPS) is 14.5. The molecule has 0 saturated heterocycles. The van der Waals surface area contributed by atoms with Crippen molar-refractivity contribution >= 4 is 11.6 Å². The molecule has 3 nitrogen and oxygen atoms in total. The number of halogens is 1. The van der Waals surface area contributed by atoms with E-state index in [0.29, 0.717) is 31.7 Å². The Balaban J connectivity index is 2.19. The fourth-order valence-corrected chi connectivity index (χ4v) is 2.22. The molecule has 1 rings (SSSR count). The fourth-order valence-electron chi connectivity index (χ4n) is 2.09. The second-order valence-electron chi connectivity index (χ2n) is 5.46. The summed E-state index contributed by atoms with van der Waals surface area (Å²) in [5.74, 6) is 0.571. The molecule has 1 aromatic carbocycles. The molecule has 0 radical (unpaired) electrons. The average Bonchev–Trinajstić information content (AvgIpc) is 2.41. The second-order valence-corrected chi connectivity index (χ2v) is 5.90. The molecule has 4 heteroatoms. The van der Waals surface area contributed by atoms with Crippen LogP contribution in [0, 0.1) is 5.92 Å². The van der Waals surface area contributed by atoms with Crippen molar-refractivity contribution in [1.29, 1.82) is 0 Å². The van der Waals surface area contributed by atoms with Crippen LogP contribution in [0.15, 0.2) is 24.3 Å². The van der Waals surface area contributed by atoms with Crippen LogP contribution in [0.25, 0.3) is 0 Å². The van der Waals surface area contributed by atoms with E-state index in [1.54, 1.807) is 0 Å². The van der Waals surface area contributed by atoms with E-state index in [0.717, 1.165) is 17.0 Å². The minimum absolute atomic E-state index is 0.337. The number of aliphatic hydroxyl groups excluding tert-OH is 1. The Morgan fingerprint density at radius 1 is 1.25 bits per heavy atom. The van der Waals surface area contributed by atoms with Crippen LogP contribution in [0.5, 0.6) is 0 Å². The van der Waals surface area contributed by atoms with Gasteiger partial charge in [-0.05, 0) is 30.0 Å². The fraction of sp³-hybridized carbons (Fsp3) is 0.625. The van der Waals surface area contributed by atoms with Gasteiger partial charge in [0.2, 0.25) is 0 Å². The van der Waals surface area contributed by atoms with E-state index in [1.807, 2.05) is 24.3 Å². The summed E-state index contributed by atoms with van der Waals surface area (Å²) in [4.78, 5) is 0. The Kier molecular flexibility index (Phi) is 8.15. The SMILES string of the molecule is CCC(NCC(O)COCc1ccc(Cl)cc1)C(C)C. The molecule has 2 N–H and O–H groups in total. The molecule has 114 valence electrons. The summed E-state index contributed by atoms with van der Waals surface area (Å²) >= 11 is 5.82. The molecular formula is C16H26ClNO2. The highest BCUT2D eigenvalue weighted by Crippen LogP contribution is 2.10. The minimum atomic E-state index is -0.477. The maximum absolute atomic E-state index is 9.89. The van der Waals surface area contributed by atoms with Crippen molar-refractivity contribution in [2.24, 2.45) is 5.92 Å². The lowest BCUT2D eigenvalue weighted by Crippen LogP contribution is -2.39. The number of hydrogen-bond acceptors (Lipinski definition) is 3. The zero-order valence-electron chi connectivity index (χ0n) is 12.6. The van der Waals surface area contributed by atoms with E-state index in [4.69, 9.17) is 16.3 Å². The second kappa shape index (κ2) is 9.35. The van der Waals surface area contributed by atoms with Crippen molar-refractivity contribution in [2.45, 2.75) is 45.9 Å². The highest BCUT2D eigenvalue weighted by Gasteiger charge is 2.12. The van der Waals surface area contributed by atoms with E-state index in [-0.39, 0.29) is 0 Å². The highest BCUT2D eigenvalue weighted by atomic mass is 35.5. The van der Waals surface area contributed by atoms with Gasteiger partial charge in [-0.3, -0.25) is 0 Å². The molecule has 0 saturated carbocycles. The van der Waals surface area contributed by atoms with Gasteiger partial charge in [0, 0.05) is 17.6 Å². The van der Waals surface area contributed by atoms with Crippen LogP contribution < -0.4 is 5.32 Å². The van der Waals surface area contributed by atoms with Gasteiger partial charge in [-0.1, -0.05) is 44.5 Å². The molecule has 0 fully saturated rings. The third-order valence-electron chi connectivity index (χ3n) is 3.35. The molecule has 2 atom stereocenters. The number of nitrogens with one attached hydrogen (secondary N) is 1. The first-order valence-corrected chi connectivity index (χ1v) is 7.64. The molecule has 1 aromatic rings. The van der Waals surface area contributed by atoms with Crippen LogP contribution in [-0.4, -0.2) is 30.4 Å². The van der Waals surface area contributed by atoms with Gasteiger partial charge in [0.25, 0.3) is 0 Å². The van der Waals surface area contributed by atoms with E-state index in [1.165, 1.54) is 0 Å². The van der Waals surface area contributed by atoms with Crippen molar-refractivity contribution in [3.63, 3.8) is 0 Å². The monoisotopic (exact) mass is 299 g/mol. The first kappa shape index (κ1) is 17.4. The van der Waals surface area contributed by atoms with Crippen LogP contribution in [0.1, 0.15) is 32.8 Å². The molecule has 20 heavy (non-hydrogen) atoms. The molecule has 0 aliphatic heterocycles. The van der Waals surface area contributed by atoms with Gasteiger partial charge >= 0.3 is 0 Å². The van der Waals surface area contributed by atoms with Crippen molar-refractivity contribution in [3.05, 3.63) is 34.9 Å². The maximum Gasteiger partial charge on any atom is 0.0897 e. The first-order valence-electron chi connectivity index (χ1n) is 7.26. The van der Waals surface area contributed by atoms with Crippen molar-refractivity contribution in [2.75, 3.05) is 13.2 Å². The lowest BCUT2D eigenvalue weighted by atomic mass is 10.0. The number of ether oxygens (including phenoxy) is 1. The quantitative estimate of drug-likeness (QED) is 0.735. The highest BCUT2D eigenvalue weighted by molar-refractivity contribution is 6.30. The van der Waals surface area contributed by atoms with Crippen LogP contribution >= 0.6 is 11.6 Å². The van der Waals surface area contributed by atoms with E-state index < -0.39 is 6.10 Å². The predicted octanol–water partition coefficient (Wildman–Crippen LogP) is 3.24. The Labute approximate surface area is 127 Å². The molecule has 0 spiro atoms. The van der Waals surface area contributed by atoms with E-state index >= 15 is 0 Å². The lowest BCUT2D eigenvalue weighted by molar-refractivity contribution is 0.0268. The van der Waals surface area contributed by atoms with E-state index in [9.17, 15) is 5.11 Å². The third-order valence-corrected chi connectivity index (χ3v) is 3.60. The average molecular weight is 300 g/mol. The van der Waals surface area contributed by atoms with Crippen LogP contribution in [0.4, 0.5) is 0 Å². The standard InChI is InChI=1S/C16H26ClNO2/c1-4-16(12(2)3)18-9-15(19)11-20-10-13-5-7-14(17)8-6-13/h5-8,12,15-16,18-19H,4,9-11H2,1-3H3. The smallest absolute Gasteiger partial charge is 0.0897 e. The first-order chi connectivity index (χ1) is 9.52. The predicted molar refractivity (Wildman–Crippen MR) is 84.0 cm³/mol. The van der Waals surface area contributed by atoms with Gasteiger partial charge in [0.1, 0.15) is 0 Å². The zero-order chi connectivity index (χ0) is 15.0. The molecule has 0 bridgehead atoms. The lowest BCUT2D eigenvalue weighted by Gasteiger charge is -2.22. The van der Waals surface area contributed by atoms with Crippen LogP contribution in [0.2, 0.25) is 5.02 Å². The van der Waals surface area contributed by atoms with Crippen LogP contribution in [0.3, 0.4) is 0 Å². The van der Waals surface area contributed by atoms with Gasteiger partial charge < -0.3 is 15.2 Å². The molecule has 0 heterocycles. The van der Waals surface area contributed by atoms with Gasteiger partial charge in [-0.2, -0.15) is 0 Å². The summed E-state index contributed by atoms with van der Waals surface area (Å²) in [6.07, 6.45) is 0.589. The van der Waals surface area contributed by atoms with E-state index in [2.05, 4.69) is 26.1 Å². The minimum Gasteiger partial charge on any atom is -0.389 e. The topological polar surface area (TPSA) is 41.5 Å². The van der Waals surface area contributed by atoms with Gasteiger partial charge in [0.05, 0.1) is 19.3 Å². The van der Waals surface area contributed by atoms with Crippen LogP contribution in [-0.2, 0) is 11.3 Å². The summed E-state index contributed by atoms with van der Waals surface area (Å²) in [7, 11) is 0.